The number of imidazole rings is 1. The zero-order valence-corrected chi connectivity index (χ0v) is 17.3. The highest BCUT2D eigenvalue weighted by molar-refractivity contribution is 5.92. The van der Waals surface area contributed by atoms with Gasteiger partial charge in [0, 0.05) is 31.5 Å². The zero-order valence-electron chi connectivity index (χ0n) is 17.3. The molecule has 2 aliphatic heterocycles. The first-order valence-electron chi connectivity index (χ1n) is 10.8. The molecule has 2 fully saturated rings. The van der Waals surface area contributed by atoms with Crippen LogP contribution in [-0.2, 0) is 6.54 Å². The summed E-state index contributed by atoms with van der Waals surface area (Å²) in [5, 5.41) is 0. The molecule has 4 heterocycles. The van der Waals surface area contributed by atoms with Gasteiger partial charge in [0.25, 0.3) is 5.91 Å². The first kappa shape index (κ1) is 20.0. The van der Waals surface area contributed by atoms with Crippen molar-refractivity contribution in [3.63, 3.8) is 0 Å². The summed E-state index contributed by atoms with van der Waals surface area (Å²) in [4.78, 5) is 31.2. The molecule has 7 nitrogen and oxygen atoms in total. The van der Waals surface area contributed by atoms with Crippen LogP contribution in [0.25, 0.3) is 0 Å². The Morgan fingerprint density at radius 1 is 1.10 bits per heavy atom. The molecule has 1 N–H and O–H groups in total. The van der Waals surface area contributed by atoms with E-state index < -0.39 is 0 Å². The van der Waals surface area contributed by atoms with Crippen LogP contribution < -0.4 is 0 Å². The zero-order chi connectivity index (χ0) is 20.1. The number of rotatable bonds is 6. The Labute approximate surface area is 173 Å². The Morgan fingerprint density at radius 2 is 1.83 bits per heavy atom. The number of hydrogen-bond acceptors (Lipinski definition) is 5. The van der Waals surface area contributed by atoms with Gasteiger partial charge in [0.2, 0.25) is 0 Å². The highest BCUT2D eigenvalue weighted by Gasteiger charge is 2.29. The molecule has 2 saturated heterocycles. The number of amides is 1. The standard InChI is InChI=1S/C22H32N6O/c1-26-10-6-20(7-11-26)27-12-4-19(5-13-27)16-28(15-18-2-8-23-9-3-18)22(29)21-14-24-17-25-21/h2-3,8-9,14,17,19-20H,4-7,10-13,15-16H2,1H3,(H,24,25). The number of pyridine rings is 1. The van der Waals surface area contributed by atoms with Gasteiger partial charge in [-0.2, -0.15) is 0 Å². The number of carbonyl (C=O) groups is 1. The topological polar surface area (TPSA) is 68.4 Å². The molecule has 4 rings (SSSR count). The monoisotopic (exact) mass is 396 g/mol. The van der Waals surface area contributed by atoms with Crippen LogP contribution in [0.5, 0.6) is 0 Å². The van der Waals surface area contributed by atoms with Gasteiger partial charge in [-0.25, -0.2) is 4.98 Å². The predicted octanol–water partition coefficient (Wildman–Crippen LogP) is 2.25. The fourth-order valence-corrected chi connectivity index (χ4v) is 4.64. The van der Waals surface area contributed by atoms with Crippen LogP contribution in [0, 0.1) is 5.92 Å². The van der Waals surface area contributed by atoms with Crippen LogP contribution in [0.2, 0.25) is 0 Å². The summed E-state index contributed by atoms with van der Waals surface area (Å²) in [5.74, 6) is 0.572. The third kappa shape index (κ3) is 5.22. The SMILES string of the molecule is CN1CCC(N2CCC(CN(Cc3ccncc3)C(=O)c3cnc[nH]3)CC2)CC1. The molecule has 0 spiro atoms. The Balaban J connectivity index is 1.36. The van der Waals surface area contributed by atoms with Crippen molar-refractivity contribution in [1.82, 2.24) is 29.7 Å². The van der Waals surface area contributed by atoms with Crippen molar-refractivity contribution in [2.24, 2.45) is 5.92 Å². The molecule has 2 aliphatic rings. The Bertz CT molecular complexity index is 749. The van der Waals surface area contributed by atoms with Crippen molar-refractivity contribution in [2.75, 3.05) is 39.8 Å². The Kier molecular flexibility index (Phi) is 6.56. The second kappa shape index (κ2) is 9.50. The molecule has 0 radical (unpaired) electrons. The number of H-pyrrole nitrogens is 1. The average Bonchev–Trinajstić information content (AvgIpc) is 3.30. The van der Waals surface area contributed by atoms with Gasteiger partial charge in [-0.15, -0.1) is 0 Å². The number of carbonyl (C=O) groups excluding carboxylic acids is 1. The molecule has 156 valence electrons. The maximum Gasteiger partial charge on any atom is 0.272 e. The minimum atomic E-state index is 0.0251. The lowest BCUT2D eigenvalue weighted by atomic mass is 9.93. The lowest BCUT2D eigenvalue weighted by Crippen LogP contribution is -2.48. The molecule has 2 aromatic heterocycles. The Hall–Kier alpha value is -2.25. The second-order valence-electron chi connectivity index (χ2n) is 8.52. The van der Waals surface area contributed by atoms with E-state index in [9.17, 15) is 4.79 Å². The van der Waals surface area contributed by atoms with Crippen LogP contribution in [0.15, 0.2) is 37.1 Å². The fourth-order valence-electron chi connectivity index (χ4n) is 4.64. The number of nitrogens with zero attached hydrogens (tertiary/aromatic N) is 5. The van der Waals surface area contributed by atoms with Crippen LogP contribution >= 0.6 is 0 Å². The van der Waals surface area contributed by atoms with Gasteiger partial charge in [0.15, 0.2) is 0 Å². The lowest BCUT2D eigenvalue weighted by molar-refractivity contribution is 0.0583. The van der Waals surface area contributed by atoms with E-state index in [-0.39, 0.29) is 5.91 Å². The van der Waals surface area contributed by atoms with E-state index >= 15 is 0 Å². The van der Waals surface area contributed by atoms with Gasteiger partial charge in [0.05, 0.1) is 12.5 Å². The summed E-state index contributed by atoms with van der Waals surface area (Å²) < 4.78 is 0. The molecule has 0 aromatic carbocycles. The normalized spacial score (nSPS) is 20.0. The number of hydrogen-bond donors (Lipinski definition) is 1. The predicted molar refractivity (Wildman–Crippen MR) is 112 cm³/mol. The van der Waals surface area contributed by atoms with Crippen molar-refractivity contribution in [3.8, 4) is 0 Å². The molecule has 0 bridgehead atoms. The van der Waals surface area contributed by atoms with Gasteiger partial charge in [-0.3, -0.25) is 9.78 Å². The molecule has 1 amide bonds. The van der Waals surface area contributed by atoms with Crippen molar-refractivity contribution in [1.29, 1.82) is 0 Å². The summed E-state index contributed by atoms with van der Waals surface area (Å²) in [6.45, 7) is 6.13. The maximum absolute atomic E-state index is 13.1. The smallest absolute Gasteiger partial charge is 0.272 e. The number of nitrogens with one attached hydrogen (secondary N) is 1. The minimum Gasteiger partial charge on any atom is -0.341 e. The van der Waals surface area contributed by atoms with Gasteiger partial charge in [-0.05, 0) is 82.5 Å². The highest BCUT2D eigenvalue weighted by Crippen LogP contribution is 2.25. The summed E-state index contributed by atoms with van der Waals surface area (Å²) >= 11 is 0. The number of aromatic amines is 1. The first-order valence-corrected chi connectivity index (χ1v) is 10.8. The van der Waals surface area contributed by atoms with Crippen LogP contribution in [0.1, 0.15) is 41.7 Å². The summed E-state index contributed by atoms with van der Waals surface area (Å²) in [6, 6.07) is 4.71. The van der Waals surface area contributed by atoms with E-state index in [1.54, 1.807) is 24.9 Å². The number of piperidine rings is 2. The van der Waals surface area contributed by atoms with Crippen LogP contribution in [0.4, 0.5) is 0 Å². The quantitative estimate of drug-likeness (QED) is 0.811. The highest BCUT2D eigenvalue weighted by atomic mass is 16.2. The summed E-state index contributed by atoms with van der Waals surface area (Å²) in [5.41, 5.74) is 1.67. The van der Waals surface area contributed by atoms with E-state index in [2.05, 4.69) is 31.8 Å². The first-order chi connectivity index (χ1) is 14.2. The molecule has 0 atom stereocenters. The van der Waals surface area contributed by atoms with E-state index in [0.717, 1.165) is 44.1 Å². The number of aromatic nitrogens is 3. The van der Waals surface area contributed by atoms with Crippen molar-refractivity contribution >= 4 is 5.91 Å². The van der Waals surface area contributed by atoms with E-state index in [4.69, 9.17) is 0 Å². The van der Waals surface area contributed by atoms with Gasteiger partial charge in [0.1, 0.15) is 5.69 Å². The molecule has 29 heavy (non-hydrogen) atoms. The summed E-state index contributed by atoms with van der Waals surface area (Å²) in [6.07, 6.45) is 11.7. The van der Waals surface area contributed by atoms with Gasteiger partial charge < -0.3 is 19.7 Å². The van der Waals surface area contributed by atoms with Crippen molar-refractivity contribution in [2.45, 2.75) is 38.3 Å². The van der Waals surface area contributed by atoms with Gasteiger partial charge >= 0.3 is 0 Å². The average molecular weight is 397 g/mol. The van der Waals surface area contributed by atoms with E-state index in [0.29, 0.717) is 18.2 Å². The summed E-state index contributed by atoms with van der Waals surface area (Å²) in [7, 11) is 2.22. The van der Waals surface area contributed by atoms with Crippen LogP contribution in [-0.4, -0.2) is 81.4 Å². The third-order valence-electron chi connectivity index (χ3n) is 6.47. The lowest BCUT2D eigenvalue weighted by Gasteiger charge is -2.41. The second-order valence-corrected chi connectivity index (χ2v) is 8.52. The van der Waals surface area contributed by atoms with Crippen molar-refractivity contribution in [3.05, 3.63) is 48.3 Å². The van der Waals surface area contributed by atoms with E-state index in [1.165, 1.54) is 25.9 Å². The van der Waals surface area contributed by atoms with E-state index in [1.807, 2.05) is 17.0 Å². The molecule has 0 unspecified atom stereocenters. The van der Waals surface area contributed by atoms with Crippen molar-refractivity contribution < 1.29 is 4.79 Å². The molecule has 0 saturated carbocycles. The van der Waals surface area contributed by atoms with Gasteiger partial charge in [-0.1, -0.05) is 0 Å². The Morgan fingerprint density at radius 3 is 2.48 bits per heavy atom. The largest absolute Gasteiger partial charge is 0.341 e. The minimum absolute atomic E-state index is 0.0251. The molecule has 7 heteroatoms. The third-order valence-corrected chi connectivity index (χ3v) is 6.47. The number of likely N-dealkylation sites (tertiary alicyclic amines) is 2. The molecular formula is C22H32N6O. The molecule has 0 aliphatic carbocycles. The maximum atomic E-state index is 13.1. The fraction of sp³-hybridized carbons (Fsp3) is 0.591. The van der Waals surface area contributed by atoms with Crippen LogP contribution in [0.3, 0.4) is 0 Å². The molecular weight excluding hydrogens is 364 g/mol. The molecule has 2 aromatic rings.